The Labute approximate surface area is 120 Å². The third kappa shape index (κ3) is 3.49. The van der Waals surface area contributed by atoms with Crippen LogP contribution < -0.4 is 4.90 Å². The highest BCUT2D eigenvalue weighted by Crippen LogP contribution is 2.30. The molecule has 1 aliphatic heterocycles. The topological polar surface area (TPSA) is 16.1 Å². The molecular weight excluding hydrogens is 323 g/mol. The minimum atomic E-state index is 0.669. The summed E-state index contributed by atoms with van der Waals surface area (Å²) in [5.41, 5.74) is 0. The Morgan fingerprint density at radius 3 is 3.06 bits per heavy atom. The largest absolute Gasteiger partial charge is 0.355 e. The van der Waals surface area contributed by atoms with Crippen molar-refractivity contribution in [3.05, 3.63) is 21.8 Å². The van der Waals surface area contributed by atoms with Gasteiger partial charge in [-0.1, -0.05) is 11.6 Å². The number of hydrogen-bond donors (Lipinski definition) is 0. The van der Waals surface area contributed by atoms with Crippen molar-refractivity contribution >= 4 is 44.9 Å². The van der Waals surface area contributed by atoms with Crippen LogP contribution in [-0.2, 0) is 0 Å². The second-order valence-electron chi connectivity index (χ2n) is 4.39. The Morgan fingerprint density at radius 1 is 1.53 bits per heavy atom. The molecular formula is C12H15BrCl2N2. The molecule has 2 rings (SSSR count). The van der Waals surface area contributed by atoms with E-state index in [4.69, 9.17) is 23.2 Å². The van der Waals surface area contributed by atoms with E-state index in [0.29, 0.717) is 10.9 Å². The van der Waals surface area contributed by atoms with E-state index >= 15 is 0 Å². The highest BCUT2D eigenvalue weighted by molar-refractivity contribution is 9.10. The second-order valence-corrected chi connectivity index (χ2v) is 6.09. The molecule has 0 radical (unpaired) electrons. The van der Waals surface area contributed by atoms with Gasteiger partial charge in [-0.2, -0.15) is 0 Å². The Balaban J connectivity index is 2.10. The van der Waals surface area contributed by atoms with Gasteiger partial charge < -0.3 is 4.90 Å². The molecule has 1 aromatic rings. The quantitative estimate of drug-likeness (QED) is 0.762. The zero-order chi connectivity index (χ0) is 12.3. The lowest BCUT2D eigenvalue weighted by atomic mass is 9.95. The third-order valence-electron chi connectivity index (χ3n) is 3.12. The maximum absolute atomic E-state index is 6.23. The van der Waals surface area contributed by atoms with Gasteiger partial charge in [-0.25, -0.2) is 4.98 Å². The first-order chi connectivity index (χ1) is 8.20. The number of halogens is 3. The van der Waals surface area contributed by atoms with Gasteiger partial charge >= 0.3 is 0 Å². The highest BCUT2D eigenvalue weighted by atomic mass is 79.9. The van der Waals surface area contributed by atoms with Gasteiger partial charge in [0.1, 0.15) is 5.82 Å². The van der Waals surface area contributed by atoms with Crippen LogP contribution in [0.1, 0.15) is 19.3 Å². The first kappa shape index (κ1) is 13.4. The smallest absolute Gasteiger partial charge is 0.147 e. The molecule has 0 spiro atoms. The number of nitrogens with zero attached hydrogens (tertiary/aromatic N) is 2. The summed E-state index contributed by atoms with van der Waals surface area (Å²) in [6, 6.07) is 1.90. The summed E-state index contributed by atoms with van der Waals surface area (Å²) in [7, 11) is 0. The minimum Gasteiger partial charge on any atom is -0.355 e. The average Bonchev–Trinajstić information content (AvgIpc) is 2.29. The zero-order valence-corrected chi connectivity index (χ0v) is 12.6. The fraction of sp³-hybridized carbons (Fsp3) is 0.583. The van der Waals surface area contributed by atoms with Crippen molar-refractivity contribution in [2.45, 2.75) is 19.3 Å². The predicted octanol–water partition coefficient (Wildman–Crippen LogP) is 4.34. The number of hydrogen-bond acceptors (Lipinski definition) is 2. The predicted molar refractivity (Wildman–Crippen MR) is 77.2 cm³/mol. The molecule has 0 aliphatic carbocycles. The van der Waals surface area contributed by atoms with Gasteiger partial charge in [0.05, 0.1) is 5.02 Å². The van der Waals surface area contributed by atoms with Gasteiger partial charge in [0.15, 0.2) is 0 Å². The van der Waals surface area contributed by atoms with Gasteiger partial charge in [-0.05, 0) is 47.2 Å². The number of rotatable bonds is 3. The van der Waals surface area contributed by atoms with Crippen LogP contribution >= 0.6 is 39.1 Å². The van der Waals surface area contributed by atoms with Crippen LogP contribution in [0.4, 0.5) is 5.82 Å². The molecule has 0 bridgehead atoms. The first-order valence-corrected chi connectivity index (χ1v) is 7.53. The highest BCUT2D eigenvalue weighted by Gasteiger charge is 2.22. The maximum atomic E-state index is 6.23. The van der Waals surface area contributed by atoms with Crippen LogP contribution in [0.3, 0.4) is 0 Å². The van der Waals surface area contributed by atoms with Crippen LogP contribution in [-0.4, -0.2) is 24.0 Å². The van der Waals surface area contributed by atoms with Gasteiger partial charge in [0, 0.05) is 29.6 Å². The average molecular weight is 338 g/mol. The molecule has 1 saturated heterocycles. The molecule has 1 aliphatic rings. The van der Waals surface area contributed by atoms with Crippen LogP contribution in [0.5, 0.6) is 0 Å². The van der Waals surface area contributed by atoms with Crippen LogP contribution in [0.15, 0.2) is 16.7 Å². The van der Waals surface area contributed by atoms with Gasteiger partial charge in [-0.3, -0.25) is 0 Å². The van der Waals surface area contributed by atoms with Crippen molar-refractivity contribution < 1.29 is 0 Å². The Bertz CT molecular complexity index is 385. The molecule has 94 valence electrons. The number of pyridine rings is 1. The Hall–Kier alpha value is 0.01000. The normalized spacial score (nSPS) is 20.6. The number of anilines is 1. The summed E-state index contributed by atoms with van der Waals surface area (Å²) < 4.78 is 0.917. The molecule has 17 heavy (non-hydrogen) atoms. The van der Waals surface area contributed by atoms with Crippen molar-refractivity contribution in [1.82, 2.24) is 4.98 Å². The standard InChI is InChI=1S/C12H15BrCl2N2/c13-10-6-11(15)12(16-7-10)17-5-1-2-9(8-17)3-4-14/h6-7,9H,1-5,8H2. The summed E-state index contributed by atoms with van der Waals surface area (Å²) in [6.07, 6.45) is 5.32. The molecule has 0 saturated carbocycles. The SMILES string of the molecule is ClCCC1CCCN(c2ncc(Br)cc2Cl)C1. The molecule has 2 heterocycles. The summed E-state index contributed by atoms with van der Waals surface area (Å²) in [4.78, 5) is 6.68. The van der Waals surface area contributed by atoms with E-state index in [-0.39, 0.29) is 0 Å². The molecule has 5 heteroatoms. The van der Waals surface area contributed by atoms with Crippen molar-refractivity contribution in [2.75, 3.05) is 23.9 Å². The molecule has 0 aromatic carbocycles. The maximum Gasteiger partial charge on any atom is 0.147 e. The fourth-order valence-electron chi connectivity index (χ4n) is 2.29. The summed E-state index contributed by atoms with van der Waals surface area (Å²) >= 11 is 15.4. The van der Waals surface area contributed by atoms with Crippen molar-refractivity contribution in [3.63, 3.8) is 0 Å². The molecule has 0 amide bonds. The van der Waals surface area contributed by atoms with Crippen molar-refractivity contribution in [1.29, 1.82) is 0 Å². The Morgan fingerprint density at radius 2 is 2.35 bits per heavy atom. The van der Waals surface area contributed by atoms with Crippen molar-refractivity contribution in [3.8, 4) is 0 Å². The van der Waals surface area contributed by atoms with E-state index in [9.17, 15) is 0 Å². The number of aromatic nitrogens is 1. The van der Waals surface area contributed by atoms with Crippen molar-refractivity contribution in [2.24, 2.45) is 5.92 Å². The zero-order valence-electron chi connectivity index (χ0n) is 9.50. The van der Waals surface area contributed by atoms with Gasteiger partial charge in [0.25, 0.3) is 0 Å². The number of alkyl halides is 1. The lowest BCUT2D eigenvalue weighted by Crippen LogP contribution is -2.36. The van der Waals surface area contributed by atoms with E-state index in [1.807, 2.05) is 6.07 Å². The second kappa shape index (κ2) is 6.26. The van der Waals surface area contributed by atoms with E-state index in [1.165, 1.54) is 12.8 Å². The minimum absolute atomic E-state index is 0.669. The molecule has 2 nitrogen and oxygen atoms in total. The molecule has 1 unspecified atom stereocenters. The van der Waals surface area contributed by atoms with Crippen LogP contribution in [0.25, 0.3) is 0 Å². The molecule has 1 fully saturated rings. The van der Waals surface area contributed by atoms with E-state index < -0.39 is 0 Å². The van der Waals surface area contributed by atoms with Crippen LogP contribution in [0, 0.1) is 5.92 Å². The summed E-state index contributed by atoms with van der Waals surface area (Å²) in [5, 5.41) is 0.714. The number of piperidine rings is 1. The van der Waals surface area contributed by atoms with E-state index in [1.54, 1.807) is 6.20 Å². The van der Waals surface area contributed by atoms with Gasteiger partial charge in [0.2, 0.25) is 0 Å². The monoisotopic (exact) mass is 336 g/mol. The van der Waals surface area contributed by atoms with Crippen LogP contribution in [0.2, 0.25) is 5.02 Å². The lowest BCUT2D eigenvalue weighted by molar-refractivity contribution is 0.404. The van der Waals surface area contributed by atoms with Gasteiger partial charge in [-0.15, -0.1) is 11.6 Å². The first-order valence-electron chi connectivity index (χ1n) is 5.82. The fourth-order valence-corrected chi connectivity index (χ4v) is 3.34. The van der Waals surface area contributed by atoms with E-state index in [2.05, 4.69) is 25.8 Å². The third-order valence-corrected chi connectivity index (χ3v) is 4.05. The molecule has 1 aromatic heterocycles. The van der Waals surface area contributed by atoms with E-state index in [0.717, 1.165) is 35.7 Å². The lowest BCUT2D eigenvalue weighted by Gasteiger charge is -2.33. The summed E-state index contributed by atoms with van der Waals surface area (Å²) in [6.45, 7) is 2.05. The molecule has 1 atom stereocenters. The molecule has 0 N–H and O–H groups in total. The summed E-state index contributed by atoms with van der Waals surface area (Å²) in [5.74, 6) is 2.30. The Kier molecular flexibility index (Phi) is 4.95.